The summed E-state index contributed by atoms with van der Waals surface area (Å²) in [5, 5.41) is 18.2. The van der Waals surface area contributed by atoms with Gasteiger partial charge in [-0.3, -0.25) is 20.3 Å². The van der Waals surface area contributed by atoms with Crippen LogP contribution in [0.25, 0.3) is 0 Å². The lowest BCUT2D eigenvalue weighted by Crippen LogP contribution is -2.62. The third-order valence-electron chi connectivity index (χ3n) is 7.89. The third-order valence-corrected chi connectivity index (χ3v) is 8.39. The highest BCUT2D eigenvalue weighted by atomic mass is 35.5. The topological polar surface area (TPSA) is 86.3 Å². The highest BCUT2D eigenvalue weighted by Gasteiger charge is 2.54. The Labute approximate surface area is 269 Å². The van der Waals surface area contributed by atoms with Crippen LogP contribution in [0.2, 0.25) is 10.0 Å². The second-order valence-electron chi connectivity index (χ2n) is 11.0. The van der Waals surface area contributed by atoms with Crippen LogP contribution in [0.3, 0.4) is 0 Å². The summed E-state index contributed by atoms with van der Waals surface area (Å²) in [5.74, 6) is 1.10. The molecule has 0 saturated carbocycles. The van der Waals surface area contributed by atoms with Gasteiger partial charge in [-0.2, -0.15) is 0 Å². The first kappa shape index (κ1) is 33.3. The molecule has 0 radical (unpaired) electrons. The number of nitrogens with one attached hydrogen (secondary N) is 2. The predicted molar refractivity (Wildman–Crippen MR) is 172 cm³/mol. The quantitative estimate of drug-likeness (QED) is 0.295. The van der Waals surface area contributed by atoms with Crippen LogP contribution in [0.15, 0.2) is 66.7 Å². The number of nitrogens with zero attached hydrogens (tertiary/aromatic N) is 2. The van der Waals surface area contributed by atoms with Crippen molar-refractivity contribution in [3.8, 4) is 11.5 Å². The molecule has 11 heteroatoms. The summed E-state index contributed by atoms with van der Waals surface area (Å²) in [4.78, 5) is 18.9. The highest BCUT2D eigenvalue weighted by molar-refractivity contribution is 6.30. The summed E-state index contributed by atoms with van der Waals surface area (Å²) in [5.41, 5.74) is 1.31. The Bertz CT molecular complexity index is 1310. The van der Waals surface area contributed by atoms with Gasteiger partial charge in [-0.25, -0.2) is 0 Å². The largest absolute Gasteiger partial charge is 0.497 e. The minimum absolute atomic E-state index is 0. The Morgan fingerprint density at radius 1 is 0.930 bits per heavy atom. The van der Waals surface area contributed by atoms with Crippen LogP contribution >= 0.6 is 35.6 Å². The van der Waals surface area contributed by atoms with E-state index < -0.39 is 5.66 Å². The van der Waals surface area contributed by atoms with Gasteiger partial charge in [-0.15, -0.1) is 12.4 Å². The Kier molecular flexibility index (Phi) is 11.2. The first-order valence-electron chi connectivity index (χ1n) is 14.3. The van der Waals surface area contributed by atoms with Crippen molar-refractivity contribution in [1.82, 2.24) is 20.4 Å². The molecule has 8 nitrogen and oxygen atoms in total. The standard InChI is InChI=1S/C32H38Cl2N4O4.ClH/c1-21(2)42-28-20-26(41-3)12-13-27(28)32(31(40)38-16-14-37(15-17-38)18-19-39)35-29(22-4-8-24(33)9-5-22)30(36-32)23-6-10-25(34)11-7-23;/h4-13,20-21,29-30,35-36,39H,14-19H2,1-3H3;1H. The van der Waals surface area contributed by atoms with Crippen molar-refractivity contribution in [2.75, 3.05) is 46.4 Å². The lowest BCUT2D eigenvalue weighted by atomic mass is 9.95. The van der Waals surface area contributed by atoms with Crippen LogP contribution in [0.1, 0.15) is 42.6 Å². The number of rotatable bonds is 9. The zero-order chi connectivity index (χ0) is 29.9. The number of hydrogen-bond acceptors (Lipinski definition) is 7. The van der Waals surface area contributed by atoms with E-state index in [1.54, 1.807) is 7.11 Å². The van der Waals surface area contributed by atoms with E-state index in [1.165, 1.54) is 0 Å². The van der Waals surface area contributed by atoms with Gasteiger partial charge in [0, 0.05) is 54.4 Å². The van der Waals surface area contributed by atoms with Crippen molar-refractivity contribution >= 4 is 41.5 Å². The average Bonchev–Trinajstić information content (AvgIpc) is 3.39. The fraction of sp³-hybridized carbons (Fsp3) is 0.406. The number of methoxy groups -OCH3 is 1. The molecule has 5 rings (SSSR count). The van der Waals surface area contributed by atoms with E-state index >= 15 is 0 Å². The van der Waals surface area contributed by atoms with Gasteiger partial charge in [0.15, 0.2) is 5.66 Å². The molecule has 2 aliphatic rings. The highest BCUT2D eigenvalue weighted by Crippen LogP contribution is 2.45. The molecule has 1 amide bonds. The zero-order valence-electron chi connectivity index (χ0n) is 24.6. The van der Waals surface area contributed by atoms with E-state index in [4.69, 9.17) is 32.7 Å². The van der Waals surface area contributed by atoms with Crippen molar-refractivity contribution in [3.05, 3.63) is 93.5 Å². The third kappa shape index (κ3) is 7.23. The van der Waals surface area contributed by atoms with Gasteiger partial charge in [0.1, 0.15) is 11.5 Å². The number of piperazine rings is 1. The minimum atomic E-state index is -1.33. The Morgan fingerprint density at radius 2 is 1.47 bits per heavy atom. The summed E-state index contributed by atoms with van der Waals surface area (Å²) in [6.07, 6.45) is -0.134. The molecule has 3 N–H and O–H groups in total. The molecule has 43 heavy (non-hydrogen) atoms. The first-order chi connectivity index (χ1) is 20.2. The Morgan fingerprint density at radius 3 is 1.93 bits per heavy atom. The number of hydrogen-bond donors (Lipinski definition) is 3. The van der Waals surface area contributed by atoms with Crippen LogP contribution in [0, 0.1) is 0 Å². The number of carbonyl (C=O) groups excluding carboxylic acids is 1. The number of aliphatic hydroxyl groups is 1. The fourth-order valence-corrected chi connectivity index (χ4v) is 6.06. The maximum atomic E-state index is 14.8. The molecule has 0 aliphatic carbocycles. The summed E-state index contributed by atoms with van der Waals surface area (Å²) < 4.78 is 11.9. The van der Waals surface area contributed by atoms with E-state index in [0.29, 0.717) is 59.8 Å². The molecule has 2 saturated heterocycles. The summed E-state index contributed by atoms with van der Waals surface area (Å²) >= 11 is 12.5. The van der Waals surface area contributed by atoms with E-state index in [1.807, 2.05) is 85.5 Å². The maximum Gasteiger partial charge on any atom is 0.262 e. The summed E-state index contributed by atoms with van der Waals surface area (Å²) in [7, 11) is 1.61. The molecular formula is C32H39Cl3N4O4. The number of amides is 1. The second-order valence-corrected chi connectivity index (χ2v) is 11.9. The molecule has 0 aromatic heterocycles. The SMILES string of the molecule is COc1ccc(C2(C(=O)N3CCN(CCO)CC3)NC(c3ccc(Cl)cc3)C(c3ccc(Cl)cc3)N2)c(OC(C)C)c1.Cl. The van der Waals surface area contributed by atoms with Gasteiger partial charge >= 0.3 is 0 Å². The van der Waals surface area contributed by atoms with E-state index in [0.717, 1.165) is 11.1 Å². The smallest absolute Gasteiger partial charge is 0.262 e. The van der Waals surface area contributed by atoms with Gasteiger partial charge in [-0.1, -0.05) is 47.5 Å². The van der Waals surface area contributed by atoms with Crippen molar-refractivity contribution in [1.29, 1.82) is 0 Å². The molecule has 232 valence electrons. The lowest BCUT2D eigenvalue weighted by molar-refractivity contribution is -0.141. The van der Waals surface area contributed by atoms with Gasteiger partial charge in [0.05, 0.1) is 31.9 Å². The van der Waals surface area contributed by atoms with Crippen LogP contribution < -0.4 is 20.1 Å². The first-order valence-corrected chi connectivity index (χ1v) is 15.0. The fourth-order valence-electron chi connectivity index (χ4n) is 5.80. The molecule has 0 spiro atoms. The van der Waals surface area contributed by atoms with E-state index in [-0.39, 0.29) is 43.1 Å². The maximum absolute atomic E-state index is 14.8. The zero-order valence-corrected chi connectivity index (χ0v) is 26.9. The molecule has 0 bridgehead atoms. The van der Waals surface area contributed by atoms with Crippen molar-refractivity contribution in [2.24, 2.45) is 0 Å². The molecule has 3 aromatic carbocycles. The number of β-amino-alcohol motifs (C(OH)–C–C–N with tert-alkyl or cyclic N) is 1. The van der Waals surface area contributed by atoms with Crippen molar-refractivity contribution in [2.45, 2.75) is 37.7 Å². The normalized spacial score (nSPS) is 22.3. The number of halogens is 3. The monoisotopic (exact) mass is 648 g/mol. The Balaban J connectivity index is 0.00000423. The molecule has 2 unspecified atom stereocenters. The van der Waals surface area contributed by atoms with Gasteiger partial charge in [0.2, 0.25) is 0 Å². The number of benzene rings is 3. The minimum Gasteiger partial charge on any atom is -0.497 e. The van der Waals surface area contributed by atoms with Crippen molar-refractivity contribution < 1.29 is 19.4 Å². The number of carbonyl (C=O) groups is 1. The van der Waals surface area contributed by atoms with Gasteiger partial charge < -0.3 is 19.5 Å². The molecule has 2 fully saturated rings. The Hall–Kier alpha value is -2.56. The molecule has 2 aliphatic heterocycles. The second kappa shape index (κ2) is 14.5. The molecule has 2 heterocycles. The molecule has 2 atom stereocenters. The van der Waals surface area contributed by atoms with E-state index in [2.05, 4.69) is 15.5 Å². The molecular weight excluding hydrogens is 611 g/mol. The summed E-state index contributed by atoms with van der Waals surface area (Å²) in [6, 6.07) is 20.4. The van der Waals surface area contributed by atoms with Gasteiger partial charge in [0.25, 0.3) is 5.91 Å². The lowest BCUT2D eigenvalue weighted by Gasteiger charge is -2.40. The van der Waals surface area contributed by atoms with Crippen LogP contribution in [-0.4, -0.2) is 73.4 Å². The predicted octanol–water partition coefficient (Wildman–Crippen LogP) is 5.18. The average molecular weight is 650 g/mol. The van der Waals surface area contributed by atoms with Crippen molar-refractivity contribution in [3.63, 3.8) is 0 Å². The summed E-state index contributed by atoms with van der Waals surface area (Å²) in [6.45, 7) is 7.04. The number of ether oxygens (including phenoxy) is 2. The van der Waals surface area contributed by atoms with Crippen LogP contribution in [-0.2, 0) is 10.5 Å². The van der Waals surface area contributed by atoms with Crippen LogP contribution in [0.4, 0.5) is 0 Å². The van der Waals surface area contributed by atoms with Crippen LogP contribution in [0.5, 0.6) is 11.5 Å². The molecule has 3 aromatic rings. The van der Waals surface area contributed by atoms with E-state index in [9.17, 15) is 9.90 Å². The number of aliphatic hydroxyl groups excluding tert-OH is 1. The van der Waals surface area contributed by atoms with Gasteiger partial charge in [-0.05, 0) is 61.4 Å².